The molecule has 0 aromatic heterocycles. The van der Waals surface area contributed by atoms with Gasteiger partial charge >= 0.3 is 6.18 Å². The van der Waals surface area contributed by atoms with Crippen LogP contribution in [0.5, 0.6) is 0 Å². The van der Waals surface area contributed by atoms with E-state index in [-0.39, 0.29) is 30.6 Å². The molecular weight excluding hydrogens is 461 g/mol. The number of halogens is 4. The van der Waals surface area contributed by atoms with Crippen LogP contribution in [0.25, 0.3) is 0 Å². The van der Waals surface area contributed by atoms with Crippen LogP contribution in [0.4, 0.5) is 13.2 Å². The number of rotatable bonds is 4. The molecule has 2 heterocycles. The molecule has 1 aromatic carbocycles. The zero-order chi connectivity index (χ0) is 24.2. The summed E-state index contributed by atoms with van der Waals surface area (Å²) >= 11 is 5.81. The molecule has 1 N–H and O–H groups in total. The average Bonchev–Trinajstić information content (AvgIpc) is 3.29. The number of carbonyl (C=O) groups is 3. The summed E-state index contributed by atoms with van der Waals surface area (Å²) in [6.07, 6.45) is -4.41. The van der Waals surface area contributed by atoms with E-state index in [1.165, 1.54) is 24.3 Å². The average molecular weight is 485 g/mol. The maximum atomic E-state index is 14.7. The lowest BCUT2D eigenvalue weighted by atomic mass is 9.72. The maximum Gasteiger partial charge on any atom is 0.425 e. The van der Waals surface area contributed by atoms with Crippen LogP contribution in [0.1, 0.15) is 49.9 Å². The molecule has 178 valence electrons. The van der Waals surface area contributed by atoms with Crippen molar-refractivity contribution in [3.05, 3.63) is 46.1 Å². The fraction of sp³-hybridized carbons (Fsp3) is 0.522. The molecule has 10 heteroatoms. The lowest BCUT2D eigenvalue weighted by molar-refractivity contribution is -0.191. The van der Waals surface area contributed by atoms with Crippen molar-refractivity contribution in [3.8, 4) is 0 Å². The molecule has 33 heavy (non-hydrogen) atoms. The van der Waals surface area contributed by atoms with Gasteiger partial charge in [0.25, 0.3) is 11.8 Å². The van der Waals surface area contributed by atoms with Crippen LogP contribution in [-0.4, -0.2) is 53.5 Å². The first-order chi connectivity index (χ1) is 15.4. The second-order valence-corrected chi connectivity index (χ2v) is 9.96. The first-order valence-electron chi connectivity index (χ1n) is 10.7. The first-order valence-corrected chi connectivity index (χ1v) is 11.1. The Morgan fingerprint density at radius 3 is 2.45 bits per heavy atom. The van der Waals surface area contributed by atoms with Gasteiger partial charge in [0.1, 0.15) is 0 Å². The van der Waals surface area contributed by atoms with E-state index in [0.29, 0.717) is 18.1 Å². The Labute approximate surface area is 194 Å². The Bertz CT molecular complexity index is 1030. The Kier molecular flexibility index (Phi) is 5.85. The fourth-order valence-electron chi connectivity index (χ4n) is 4.85. The summed E-state index contributed by atoms with van der Waals surface area (Å²) < 4.78 is 49.7. The molecule has 2 amide bonds. The molecule has 0 bridgehead atoms. The summed E-state index contributed by atoms with van der Waals surface area (Å²) in [4.78, 5) is 40.5. The van der Waals surface area contributed by atoms with Crippen molar-refractivity contribution in [3.63, 3.8) is 0 Å². The second kappa shape index (κ2) is 8.13. The van der Waals surface area contributed by atoms with Crippen LogP contribution in [-0.2, 0) is 14.3 Å². The predicted octanol–water partition coefficient (Wildman–Crippen LogP) is 4.04. The van der Waals surface area contributed by atoms with E-state index in [9.17, 15) is 27.6 Å². The molecule has 1 saturated heterocycles. The molecule has 6 nitrogen and oxygen atoms in total. The van der Waals surface area contributed by atoms with Crippen LogP contribution >= 0.6 is 11.6 Å². The summed E-state index contributed by atoms with van der Waals surface area (Å²) in [6.45, 7) is 3.89. The Morgan fingerprint density at radius 1 is 1.21 bits per heavy atom. The summed E-state index contributed by atoms with van der Waals surface area (Å²) in [5, 5.41) is 2.21. The van der Waals surface area contributed by atoms with Crippen molar-refractivity contribution in [1.29, 1.82) is 0 Å². The third kappa shape index (κ3) is 4.05. The zero-order valence-electron chi connectivity index (χ0n) is 18.2. The second-order valence-electron chi connectivity index (χ2n) is 9.52. The molecule has 4 rings (SSSR count). The van der Waals surface area contributed by atoms with E-state index < -0.39 is 46.4 Å². The summed E-state index contributed by atoms with van der Waals surface area (Å²) in [7, 11) is 0. The molecule has 2 aliphatic heterocycles. The van der Waals surface area contributed by atoms with Crippen LogP contribution < -0.4 is 5.32 Å². The minimum Gasteiger partial charge on any atom is -0.376 e. The van der Waals surface area contributed by atoms with Gasteiger partial charge in [0.2, 0.25) is 5.54 Å². The number of carbonyl (C=O) groups excluding carboxylic acids is 3. The summed E-state index contributed by atoms with van der Waals surface area (Å²) in [5.41, 5.74) is -4.86. The highest BCUT2D eigenvalue weighted by Gasteiger charge is 2.71. The van der Waals surface area contributed by atoms with Crippen molar-refractivity contribution >= 4 is 29.2 Å². The molecule has 2 atom stereocenters. The van der Waals surface area contributed by atoms with Gasteiger partial charge in [0.15, 0.2) is 5.78 Å². The molecular formula is C23H24ClF3N2O4. The monoisotopic (exact) mass is 484 g/mol. The number of Topliss-reactive ketones (excluding diaryl/α,β-unsaturated/α-hetero) is 1. The number of nitrogens with zero attached hydrogens (tertiary/aromatic N) is 1. The SMILES string of the molecule is CC1(C)CC(=O)C2=C(C1)N(CC1CCCO1)C(=O)C2(NC(=O)c1ccc(Cl)cc1)C(F)(F)F. The van der Waals surface area contributed by atoms with Gasteiger partial charge in [-0.3, -0.25) is 14.4 Å². The smallest absolute Gasteiger partial charge is 0.376 e. The highest BCUT2D eigenvalue weighted by Crippen LogP contribution is 2.52. The number of nitrogens with one attached hydrogen (secondary N) is 1. The number of ether oxygens (including phenoxy) is 1. The van der Waals surface area contributed by atoms with Gasteiger partial charge in [-0.2, -0.15) is 13.2 Å². The molecule has 0 spiro atoms. The Hall–Kier alpha value is -2.39. The standard InChI is InChI=1S/C23H24ClF3N2O4/c1-21(2)10-16-18(17(30)11-21)22(23(25,26)27,20(32)29(16)12-15-4-3-9-33-15)28-19(31)13-5-7-14(24)8-6-13/h5-8,15H,3-4,9-12H2,1-2H3,(H,28,31). The molecule has 0 radical (unpaired) electrons. The van der Waals surface area contributed by atoms with E-state index in [1.54, 1.807) is 13.8 Å². The largest absolute Gasteiger partial charge is 0.425 e. The summed E-state index contributed by atoms with van der Waals surface area (Å²) in [5.74, 6) is -3.29. The molecule has 1 aliphatic carbocycles. The van der Waals surface area contributed by atoms with Gasteiger partial charge in [0.05, 0.1) is 18.2 Å². The van der Waals surface area contributed by atoms with Gasteiger partial charge in [-0.1, -0.05) is 25.4 Å². The van der Waals surface area contributed by atoms with Crippen molar-refractivity contribution in [2.45, 2.75) is 57.3 Å². The first kappa shape index (κ1) is 23.8. The third-order valence-corrected chi connectivity index (χ3v) is 6.61. The molecule has 0 saturated carbocycles. The number of hydrogen-bond donors (Lipinski definition) is 1. The van der Waals surface area contributed by atoms with E-state index in [2.05, 4.69) is 0 Å². The zero-order valence-corrected chi connectivity index (χ0v) is 19.0. The quantitative estimate of drug-likeness (QED) is 0.700. The summed E-state index contributed by atoms with van der Waals surface area (Å²) in [6, 6.07) is 5.23. The van der Waals surface area contributed by atoms with Crippen LogP contribution in [0, 0.1) is 5.41 Å². The van der Waals surface area contributed by atoms with E-state index in [1.807, 2.05) is 5.32 Å². The highest BCUT2D eigenvalue weighted by atomic mass is 35.5. The van der Waals surface area contributed by atoms with E-state index in [4.69, 9.17) is 16.3 Å². The minimum atomic E-state index is -5.24. The van der Waals surface area contributed by atoms with E-state index >= 15 is 0 Å². The van der Waals surface area contributed by atoms with Gasteiger partial charge < -0.3 is 15.0 Å². The predicted molar refractivity (Wildman–Crippen MR) is 113 cm³/mol. The van der Waals surface area contributed by atoms with Crippen molar-refractivity contribution in [2.75, 3.05) is 13.2 Å². The van der Waals surface area contributed by atoms with Gasteiger partial charge in [-0.15, -0.1) is 0 Å². The number of allylic oxidation sites excluding steroid dienone is 1. The van der Waals surface area contributed by atoms with Gasteiger partial charge in [-0.25, -0.2) is 0 Å². The Morgan fingerprint density at radius 2 is 1.88 bits per heavy atom. The van der Waals surface area contributed by atoms with Crippen LogP contribution in [0.15, 0.2) is 35.5 Å². The third-order valence-electron chi connectivity index (χ3n) is 6.36. The highest BCUT2D eigenvalue weighted by molar-refractivity contribution is 6.30. The van der Waals surface area contributed by atoms with Crippen LogP contribution in [0.2, 0.25) is 5.02 Å². The Balaban J connectivity index is 1.83. The lowest BCUT2D eigenvalue weighted by Gasteiger charge is -2.35. The minimum absolute atomic E-state index is 0.0190. The van der Waals surface area contributed by atoms with Crippen molar-refractivity contribution in [2.24, 2.45) is 5.41 Å². The maximum absolute atomic E-state index is 14.7. The van der Waals surface area contributed by atoms with Gasteiger partial charge in [-0.05, 0) is 48.9 Å². The van der Waals surface area contributed by atoms with Crippen LogP contribution in [0.3, 0.4) is 0 Å². The molecule has 1 aromatic rings. The number of hydrogen-bond acceptors (Lipinski definition) is 4. The normalized spacial score (nSPS) is 27.2. The molecule has 3 aliphatic rings. The molecule has 2 unspecified atom stereocenters. The van der Waals surface area contributed by atoms with Crippen molar-refractivity contribution in [1.82, 2.24) is 10.2 Å². The number of alkyl halides is 3. The number of amides is 2. The molecule has 1 fully saturated rings. The van der Waals surface area contributed by atoms with E-state index in [0.717, 1.165) is 11.3 Å². The topological polar surface area (TPSA) is 75.7 Å². The van der Waals surface area contributed by atoms with Gasteiger partial charge in [0, 0.05) is 29.3 Å². The number of benzene rings is 1. The fourth-order valence-corrected chi connectivity index (χ4v) is 4.98. The number of ketones is 1. The lowest BCUT2D eigenvalue weighted by Crippen LogP contribution is -2.66. The van der Waals surface area contributed by atoms with Crippen molar-refractivity contribution < 1.29 is 32.3 Å².